The molecule has 148 valence electrons. The highest BCUT2D eigenvalue weighted by atomic mass is 16.4. The van der Waals surface area contributed by atoms with Crippen LogP contribution in [0.5, 0.6) is 0 Å². The SMILES string of the molecule is O=C(O)CC1CCCCN1CCCN1c2ccccc2CCc2ccccc21. The summed E-state index contributed by atoms with van der Waals surface area (Å²) in [5.74, 6) is -0.674. The normalized spacial score (nSPS) is 19.6. The lowest BCUT2D eigenvalue weighted by Crippen LogP contribution is -2.42. The molecule has 0 aliphatic carbocycles. The van der Waals surface area contributed by atoms with Crippen molar-refractivity contribution in [2.75, 3.05) is 24.5 Å². The molecular weight excluding hydrogens is 348 g/mol. The van der Waals surface area contributed by atoms with Crippen molar-refractivity contribution in [1.82, 2.24) is 4.90 Å². The van der Waals surface area contributed by atoms with E-state index in [1.807, 2.05) is 0 Å². The molecule has 2 aromatic rings. The summed E-state index contributed by atoms with van der Waals surface area (Å²) in [4.78, 5) is 16.1. The summed E-state index contributed by atoms with van der Waals surface area (Å²) >= 11 is 0. The molecule has 4 nitrogen and oxygen atoms in total. The molecule has 28 heavy (non-hydrogen) atoms. The topological polar surface area (TPSA) is 43.8 Å². The van der Waals surface area contributed by atoms with Crippen LogP contribution in [0.15, 0.2) is 48.5 Å². The number of aliphatic carboxylic acids is 1. The molecule has 2 aromatic carbocycles. The van der Waals surface area contributed by atoms with Crippen molar-refractivity contribution in [2.24, 2.45) is 0 Å². The maximum absolute atomic E-state index is 11.2. The van der Waals surface area contributed by atoms with Crippen molar-refractivity contribution in [3.8, 4) is 0 Å². The van der Waals surface area contributed by atoms with Crippen LogP contribution in [0.4, 0.5) is 11.4 Å². The number of carboxylic acid groups (broad SMARTS) is 1. The van der Waals surface area contributed by atoms with Gasteiger partial charge in [-0.2, -0.15) is 0 Å². The van der Waals surface area contributed by atoms with Gasteiger partial charge in [0.2, 0.25) is 0 Å². The van der Waals surface area contributed by atoms with Gasteiger partial charge < -0.3 is 10.0 Å². The standard InChI is InChI=1S/C24H30N2O2/c27-24(28)18-21-10-5-6-15-25(21)16-7-17-26-22-11-3-1-8-19(22)13-14-20-9-2-4-12-23(20)26/h1-4,8-9,11-12,21H,5-7,10,13-18H2,(H,27,28). The zero-order valence-electron chi connectivity index (χ0n) is 16.5. The quantitative estimate of drug-likeness (QED) is 0.795. The van der Waals surface area contributed by atoms with Gasteiger partial charge in [-0.15, -0.1) is 0 Å². The predicted molar refractivity (Wildman–Crippen MR) is 113 cm³/mol. The summed E-state index contributed by atoms with van der Waals surface area (Å²) in [6, 6.07) is 17.7. The maximum atomic E-state index is 11.2. The van der Waals surface area contributed by atoms with Gasteiger partial charge in [-0.25, -0.2) is 0 Å². The lowest BCUT2D eigenvalue weighted by Gasteiger charge is -2.35. The number of hydrogen-bond donors (Lipinski definition) is 1. The summed E-state index contributed by atoms with van der Waals surface area (Å²) in [5, 5.41) is 9.23. The van der Waals surface area contributed by atoms with Crippen LogP contribution >= 0.6 is 0 Å². The smallest absolute Gasteiger partial charge is 0.304 e. The third-order valence-corrected chi connectivity index (χ3v) is 6.21. The summed E-state index contributed by atoms with van der Waals surface area (Å²) in [7, 11) is 0. The largest absolute Gasteiger partial charge is 0.481 e. The first-order chi connectivity index (χ1) is 13.7. The van der Waals surface area contributed by atoms with Gasteiger partial charge in [0.15, 0.2) is 0 Å². The first-order valence-electron chi connectivity index (χ1n) is 10.6. The van der Waals surface area contributed by atoms with E-state index >= 15 is 0 Å². The van der Waals surface area contributed by atoms with Gasteiger partial charge in [-0.3, -0.25) is 9.69 Å². The molecule has 1 unspecified atom stereocenters. The summed E-state index contributed by atoms with van der Waals surface area (Å²) < 4.78 is 0. The van der Waals surface area contributed by atoms with E-state index in [1.165, 1.54) is 28.9 Å². The van der Waals surface area contributed by atoms with Crippen LogP contribution in [0.25, 0.3) is 0 Å². The van der Waals surface area contributed by atoms with Crippen LogP contribution < -0.4 is 4.90 Å². The Morgan fingerprint density at radius 2 is 1.57 bits per heavy atom. The lowest BCUT2D eigenvalue weighted by molar-refractivity contribution is -0.138. The Bertz CT molecular complexity index is 772. The highest BCUT2D eigenvalue weighted by Gasteiger charge is 2.25. The monoisotopic (exact) mass is 378 g/mol. The number of aryl methyl sites for hydroxylation is 2. The molecule has 0 aromatic heterocycles. The van der Waals surface area contributed by atoms with Crippen LogP contribution in [0.2, 0.25) is 0 Å². The molecule has 2 aliphatic heterocycles. The van der Waals surface area contributed by atoms with Gasteiger partial charge >= 0.3 is 5.97 Å². The Hall–Kier alpha value is -2.33. The van der Waals surface area contributed by atoms with E-state index in [1.54, 1.807) is 0 Å². The molecular formula is C24H30N2O2. The highest BCUT2D eigenvalue weighted by molar-refractivity contribution is 5.71. The number of likely N-dealkylation sites (tertiary alicyclic amines) is 1. The molecule has 0 radical (unpaired) electrons. The predicted octanol–water partition coefficient (Wildman–Crippen LogP) is 4.64. The van der Waals surface area contributed by atoms with E-state index in [9.17, 15) is 9.90 Å². The number of rotatable bonds is 6. The van der Waals surface area contributed by atoms with Gasteiger partial charge in [-0.1, -0.05) is 42.8 Å². The molecule has 2 aliphatic rings. The molecule has 4 rings (SSSR count). The summed E-state index contributed by atoms with van der Waals surface area (Å²) in [6.45, 7) is 2.97. The number of piperidine rings is 1. The molecule has 0 spiro atoms. The zero-order chi connectivity index (χ0) is 19.3. The Kier molecular flexibility index (Phi) is 5.96. The first-order valence-corrected chi connectivity index (χ1v) is 10.6. The van der Waals surface area contributed by atoms with Gasteiger partial charge in [0, 0.05) is 30.5 Å². The number of anilines is 2. The molecule has 2 heterocycles. The molecule has 4 heteroatoms. The number of carboxylic acids is 1. The number of nitrogens with zero attached hydrogens (tertiary/aromatic N) is 2. The van der Waals surface area contributed by atoms with Crippen LogP contribution in [-0.2, 0) is 17.6 Å². The molecule has 1 atom stereocenters. The van der Waals surface area contributed by atoms with Crippen molar-refractivity contribution in [3.63, 3.8) is 0 Å². The zero-order valence-corrected chi connectivity index (χ0v) is 16.5. The minimum absolute atomic E-state index is 0.204. The minimum atomic E-state index is -0.674. The van der Waals surface area contributed by atoms with E-state index in [4.69, 9.17) is 0 Å². The van der Waals surface area contributed by atoms with Gasteiger partial charge in [0.25, 0.3) is 0 Å². The van der Waals surface area contributed by atoms with E-state index in [0.717, 1.165) is 51.7 Å². The fourth-order valence-corrected chi connectivity index (χ4v) is 4.83. The Morgan fingerprint density at radius 1 is 0.929 bits per heavy atom. The third kappa shape index (κ3) is 4.22. The van der Waals surface area contributed by atoms with E-state index in [0.29, 0.717) is 0 Å². The number of para-hydroxylation sites is 2. The molecule has 0 amide bonds. The Balaban J connectivity index is 1.49. The van der Waals surface area contributed by atoms with Crippen LogP contribution in [0.1, 0.15) is 43.2 Å². The number of benzene rings is 2. The van der Waals surface area contributed by atoms with Gasteiger partial charge in [0.1, 0.15) is 0 Å². The highest BCUT2D eigenvalue weighted by Crippen LogP contribution is 2.36. The fourth-order valence-electron chi connectivity index (χ4n) is 4.83. The minimum Gasteiger partial charge on any atom is -0.481 e. The Labute approximate surface area is 167 Å². The first kappa shape index (κ1) is 19.0. The van der Waals surface area contributed by atoms with Crippen molar-refractivity contribution >= 4 is 17.3 Å². The van der Waals surface area contributed by atoms with Gasteiger partial charge in [0.05, 0.1) is 6.42 Å². The number of fused-ring (bicyclic) bond motifs is 2. The average molecular weight is 379 g/mol. The number of carbonyl (C=O) groups is 1. The van der Waals surface area contributed by atoms with Crippen molar-refractivity contribution in [1.29, 1.82) is 0 Å². The molecule has 1 fully saturated rings. The van der Waals surface area contributed by atoms with E-state index in [2.05, 4.69) is 58.3 Å². The third-order valence-electron chi connectivity index (χ3n) is 6.21. The van der Waals surface area contributed by atoms with Crippen molar-refractivity contribution < 1.29 is 9.90 Å². The van der Waals surface area contributed by atoms with E-state index < -0.39 is 5.97 Å². The van der Waals surface area contributed by atoms with Crippen LogP contribution in [0, 0.1) is 0 Å². The van der Waals surface area contributed by atoms with Crippen LogP contribution in [0.3, 0.4) is 0 Å². The van der Waals surface area contributed by atoms with Crippen molar-refractivity contribution in [3.05, 3.63) is 59.7 Å². The van der Waals surface area contributed by atoms with E-state index in [-0.39, 0.29) is 12.5 Å². The summed E-state index contributed by atoms with van der Waals surface area (Å²) in [6.07, 6.45) is 6.83. The van der Waals surface area contributed by atoms with Gasteiger partial charge in [-0.05, 0) is 61.9 Å². The summed E-state index contributed by atoms with van der Waals surface area (Å²) in [5.41, 5.74) is 5.49. The van der Waals surface area contributed by atoms with Crippen molar-refractivity contribution in [2.45, 2.75) is 51.0 Å². The molecule has 0 bridgehead atoms. The molecule has 0 saturated carbocycles. The lowest BCUT2D eigenvalue weighted by atomic mass is 9.99. The second kappa shape index (κ2) is 8.78. The average Bonchev–Trinajstić information content (AvgIpc) is 2.86. The Morgan fingerprint density at radius 3 is 2.21 bits per heavy atom. The molecule has 1 N–H and O–H groups in total. The number of hydrogen-bond acceptors (Lipinski definition) is 3. The second-order valence-corrected chi connectivity index (χ2v) is 8.05. The molecule has 1 saturated heterocycles. The maximum Gasteiger partial charge on any atom is 0.304 e. The second-order valence-electron chi connectivity index (χ2n) is 8.05. The fraction of sp³-hybridized carbons (Fsp3) is 0.458. The van der Waals surface area contributed by atoms with Crippen LogP contribution in [-0.4, -0.2) is 41.7 Å².